The van der Waals surface area contributed by atoms with Gasteiger partial charge < -0.3 is 9.53 Å². The standard InChI is InChI=1S/C34H46F3NO2Si/c1-21(2)27-16-26(22-10-8-9-11-22)30-28(38-27)19-33(20-29(30)40-41(6,7)32(3,4)5)17-24(18-33)31(39)23-12-14-25(15-13-23)34(35,36)37/h10,12-16,21,24,29,31,39H,8-9,11,17-20H2,1-7H3/t24?,29-,31-,33?/m0/s1. The molecule has 2 atom stereocenters. The molecule has 0 unspecified atom stereocenters. The summed E-state index contributed by atoms with van der Waals surface area (Å²) < 4.78 is 46.4. The molecule has 2 aromatic rings. The third-order valence-electron chi connectivity index (χ3n) is 10.3. The minimum Gasteiger partial charge on any atom is -0.410 e. The summed E-state index contributed by atoms with van der Waals surface area (Å²) in [7, 11) is -2.11. The van der Waals surface area contributed by atoms with Gasteiger partial charge in [0.15, 0.2) is 8.32 Å². The second kappa shape index (κ2) is 10.6. The average molecular weight is 586 g/mol. The van der Waals surface area contributed by atoms with Gasteiger partial charge in [0.25, 0.3) is 0 Å². The second-order valence-electron chi connectivity index (χ2n) is 14.7. The Kier molecular flexibility index (Phi) is 7.91. The number of nitrogens with zero attached hydrogens (tertiary/aromatic N) is 1. The number of alkyl halides is 3. The summed E-state index contributed by atoms with van der Waals surface area (Å²) in [5.74, 6) is 0.321. The molecule has 0 bridgehead atoms. The Morgan fingerprint density at radius 1 is 1.05 bits per heavy atom. The van der Waals surface area contributed by atoms with E-state index in [2.05, 4.69) is 59.9 Å². The zero-order chi connectivity index (χ0) is 30.0. The van der Waals surface area contributed by atoms with E-state index >= 15 is 0 Å². The summed E-state index contributed by atoms with van der Waals surface area (Å²) in [6, 6.07) is 7.32. The Labute approximate surface area is 244 Å². The van der Waals surface area contributed by atoms with Crippen LogP contribution in [0, 0.1) is 11.3 Å². The van der Waals surface area contributed by atoms with E-state index in [0.29, 0.717) is 11.5 Å². The lowest BCUT2D eigenvalue weighted by Crippen LogP contribution is -2.49. The van der Waals surface area contributed by atoms with Gasteiger partial charge in [0, 0.05) is 17.0 Å². The maximum Gasteiger partial charge on any atom is 0.416 e. The van der Waals surface area contributed by atoms with Crippen molar-refractivity contribution in [2.75, 3.05) is 0 Å². The number of aliphatic hydroxyl groups is 1. The summed E-state index contributed by atoms with van der Waals surface area (Å²) in [5.41, 5.74) is 6.15. The Bertz CT molecular complexity index is 1300. The Morgan fingerprint density at radius 2 is 1.71 bits per heavy atom. The van der Waals surface area contributed by atoms with Crippen molar-refractivity contribution in [1.82, 2.24) is 4.98 Å². The number of hydrogen-bond acceptors (Lipinski definition) is 3. The molecule has 1 N–H and O–H groups in total. The first-order chi connectivity index (χ1) is 19.0. The van der Waals surface area contributed by atoms with Gasteiger partial charge >= 0.3 is 6.18 Å². The van der Waals surface area contributed by atoms with Gasteiger partial charge in [0.1, 0.15) is 0 Å². The zero-order valence-electron chi connectivity index (χ0n) is 25.7. The van der Waals surface area contributed by atoms with Crippen molar-refractivity contribution in [2.45, 2.75) is 122 Å². The topological polar surface area (TPSA) is 42.4 Å². The molecule has 3 nitrogen and oxygen atoms in total. The van der Waals surface area contributed by atoms with Crippen molar-refractivity contribution in [1.29, 1.82) is 0 Å². The number of halogens is 3. The van der Waals surface area contributed by atoms with Crippen molar-refractivity contribution >= 4 is 13.9 Å². The molecular weight excluding hydrogens is 539 g/mol. The van der Waals surface area contributed by atoms with Crippen LogP contribution in [0.5, 0.6) is 0 Å². The largest absolute Gasteiger partial charge is 0.416 e. The van der Waals surface area contributed by atoms with E-state index in [9.17, 15) is 18.3 Å². The summed E-state index contributed by atoms with van der Waals surface area (Å²) >= 11 is 0. The fourth-order valence-corrected chi connectivity index (χ4v) is 8.15. The van der Waals surface area contributed by atoms with Crippen LogP contribution in [-0.2, 0) is 17.0 Å². The molecule has 1 fully saturated rings. The highest BCUT2D eigenvalue weighted by molar-refractivity contribution is 6.74. The van der Waals surface area contributed by atoms with Crippen molar-refractivity contribution in [3.8, 4) is 0 Å². The summed E-state index contributed by atoms with van der Waals surface area (Å²) in [4.78, 5) is 5.26. The van der Waals surface area contributed by atoms with Gasteiger partial charge in [-0.3, -0.25) is 4.98 Å². The smallest absolute Gasteiger partial charge is 0.410 e. The molecule has 3 aliphatic rings. The van der Waals surface area contributed by atoms with Crippen LogP contribution in [-0.4, -0.2) is 18.4 Å². The van der Waals surface area contributed by atoms with Crippen LogP contribution in [0.4, 0.5) is 13.2 Å². The highest BCUT2D eigenvalue weighted by atomic mass is 28.4. The summed E-state index contributed by atoms with van der Waals surface area (Å²) in [6.07, 6.45) is 3.97. The molecular formula is C34H46F3NO2Si. The predicted molar refractivity (Wildman–Crippen MR) is 161 cm³/mol. The quantitative estimate of drug-likeness (QED) is 0.343. The van der Waals surface area contributed by atoms with Crippen molar-refractivity contribution in [2.24, 2.45) is 11.3 Å². The van der Waals surface area contributed by atoms with Gasteiger partial charge in [0.2, 0.25) is 0 Å². The van der Waals surface area contributed by atoms with Gasteiger partial charge in [-0.2, -0.15) is 13.2 Å². The predicted octanol–water partition coefficient (Wildman–Crippen LogP) is 9.93. The monoisotopic (exact) mass is 585 g/mol. The van der Waals surface area contributed by atoms with E-state index in [-0.39, 0.29) is 22.5 Å². The van der Waals surface area contributed by atoms with Crippen LogP contribution in [0.1, 0.15) is 125 Å². The maximum atomic E-state index is 13.1. The number of hydrogen-bond donors (Lipinski definition) is 1. The average Bonchev–Trinajstić information content (AvgIpc) is 3.39. The highest BCUT2D eigenvalue weighted by Crippen LogP contribution is 2.61. The first-order valence-electron chi connectivity index (χ1n) is 15.3. The van der Waals surface area contributed by atoms with Crippen molar-refractivity contribution in [3.05, 3.63) is 70.0 Å². The molecule has 1 saturated carbocycles. The minimum atomic E-state index is -4.38. The van der Waals surface area contributed by atoms with E-state index in [1.54, 1.807) is 0 Å². The number of aliphatic hydroxyl groups excluding tert-OH is 1. The summed E-state index contributed by atoms with van der Waals surface area (Å²) in [5, 5.41) is 11.2. The van der Waals surface area contributed by atoms with E-state index in [4.69, 9.17) is 9.41 Å². The van der Waals surface area contributed by atoms with Gasteiger partial charge in [-0.05, 0) is 115 Å². The molecule has 224 valence electrons. The fourth-order valence-electron chi connectivity index (χ4n) is 6.88. The van der Waals surface area contributed by atoms with Crippen molar-refractivity contribution in [3.63, 3.8) is 0 Å². The van der Waals surface area contributed by atoms with Crippen LogP contribution in [0.25, 0.3) is 5.57 Å². The number of rotatable bonds is 6. The van der Waals surface area contributed by atoms with Crippen molar-refractivity contribution < 1.29 is 22.7 Å². The van der Waals surface area contributed by atoms with Crippen LogP contribution in [0.15, 0.2) is 36.4 Å². The lowest BCUT2D eigenvalue weighted by Gasteiger charge is -2.55. The van der Waals surface area contributed by atoms with Crippen LogP contribution < -0.4 is 0 Å². The number of pyridine rings is 1. The van der Waals surface area contributed by atoms with E-state index in [1.807, 2.05) is 0 Å². The van der Waals surface area contributed by atoms with Gasteiger partial charge in [0.05, 0.1) is 17.8 Å². The Hall–Kier alpha value is -1.96. The molecule has 0 radical (unpaired) electrons. The highest BCUT2D eigenvalue weighted by Gasteiger charge is 2.53. The van der Waals surface area contributed by atoms with Gasteiger partial charge in [-0.1, -0.05) is 52.8 Å². The molecule has 0 aliphatic heterocycles. The number of benzene rings is 1. The molecule has 7 heteroatoms. The fraction of sp³-hybridized carbons (Fsp3) is 0.618. The Morgan fingerprint density at radius 3 is 2.24 bits per heavy atom. The van der Waals surface area contributed by atoms with Gasteiger partial charge in [-0.15, -0.1) is 0 Å². The molecule has 5 rings (SSSR count). The molecule has 3 aliphatic carbocycles. The van der Waals surface area contributed by atoms with Crippen LogP contribution >= 0.6 is 0 Å². The summed E-state index contributed by atoms with van der Waals surface area (Å²) in [6.45, 7) is 15.9. The molecule has 0 saturated heterocycles. The lowest BCUT2D eigenvalue weighted by atomic mass is 9.53. The van der Waals surface area contributed by atoms with Crippen LogP contribution in [0.2, 0.25) is 18.1 Å². The molecule has 0 amide bonds. The van der Waals surface area contributed by atoms with E-state index in [1.165, 1.54) is 35.3 Å². The zero-order valence-corrected chi connectivity index (χ0v) is 26.7. The number of fused-ring (bicyclic) bond motifs is 1. The van der Waals surface area contributed by atoms with E-state index in [0.717, 1.165) is 62.0 Å². The van der Waals surface area contributed by atoms with Gasteiger partial charge in [-0.25, -0.2) is 0 Å². The molecule has 41 heavy (non-hydrogen) atoms. The number of allylic oxidation sites excluding steroid dienone is 2. The Balaban J connectivity index is 1.47. The second-order valence-corrected chi connectivity index (χ2v) is 19.5. The molecule has 1 aromatic carbocycles. The third-order valence-corrected chi connectivity index (χ3v) is 14.8. The SMILES string of the molecule is CC(C)c1cc(C2=CCCC2)c2c(n1)CC1(CC([C@@H](O)c3ccc(C(F)(F)F)cc3)C1)C[C@@H]2O[Si](C)(C)C(C)(C)C. The maximum absolute atomic E-state index is 13.1. The molecule has 1 heterocycles. The number of aromatic nitrogens is 1. The molecule has 1 spiro atoms. The third kappa shape index (κ3) is 5.96. The molecule has 1 aromatic heterocycles. The normalized spacial score (nSPS) is 25.7. The lowest BCUT2D eigenvalue weighted by molar-refractivity contribution is -0.137. The van der Waals surface area contributed by atoms with E-state index < -0.39 is 26.2 Å². The first kappa shape index (κ1) is 30.5. The van der Waals surface area contributed by atoms with Crippen LogP contribution in [0.3, 0.4) is 0 Å². The minimum absolute atomic E-state index is 0.00657. The first-order valence-corrected chi connectivity index (χ1v) is 18.2.